The zero-order valence-corrected chi connectivity index (χ0v) is 23.7. The number of carboxylic acids is 1. The number of hydrogen-bond acceptors (Lipinski definition) is 7. The van der Waals surface area contributed by atoms with Crippen molar-refractivity contribution in [3.05, 3.63) is 89.1 Å². The number of aliphatic imine (C=N–C) groups is 2. The molecule has 0 radical (unpaired) electrons. The van der Waals surface area contributed by atoms with Crippen molar-refractivity contribution in [2.45, 2.75) is 57.5 Å². The highest BCUT2D eigenvalue weighted by atomic mass is 19.1. The maximum Gasteiger partial charge on any atom is 0.303 e. The maximum atomic E-state index is 13.3. The first-order valence-electron chi connectivity index (χ1n) is 14.3. The zero-order valence-electron chi connectivity index (χ0n) is 23.7. The predicted molar refractivity (Wildman–Crippen MR) is 160 cm³/mol. The molecule has 0 saturated carbocycles. The molecule has 0 bridgehead atoms. The van der Waals surface area contributed by atoms with Crippen molar-refractivity contribution in [3.8, 4) is 0 Å². The van der Waals surface area contributed by atoms with E-state index in [0.29, 0.717) is 61.5 Å². The number of anilines is 1. The molecule has 3 N–H and O–H groups in total. The van der Waals surface area contributed by atoms with Crippen molar-refractivity contribution < 1.29 is 28.7 Å². The first-order valence-corrected chi connectivity index (χ1v) is 14.3. The molecule has 4 rings (SSSR count). The molecule has 1 aliphatic heterocycles. The normalized spacial score (nSPS) is 18.9. The highest BCUT2D eigenvalue weighted by Gasteiger charge is 2.27. The molecule has 0 saturated heterocycles. The van der Waals surface area contributed by atoms with Gasteiger partial charge in [0, 0.05) is 30.9 Å². The van der Waals surface area contributed by atoms with Crippen molar-refractivity contribution in [2.24, 2.45) is 15.9 Å². The number of carboxylic acid groups (broad SMARTS) is 1. The van der Waals surface area contributed by atoms with E-state index >= 15 is 0 Å². The molecule has 9 nitrogen and oxygen atoms in total. The van der Waals surface area contributed by atoms with Gasteiger partial charge >= 0.3 is 5.97 Å². The third-order valence-corrected chi connectivity index (χ3v) is 6.98. The Morgan fingerprint density at radius 1 is 1.24 bits per heavy atom. The van der Waals surface area contributed by atoms with Crippen LogP contribution in [0.15, 0.2) is 93.3 Å². The average Bonchev–Trinajstić information content (AvgIpc) is 3.23. The monoisotopic (exact) mass is 576 g/mol. The maximum absolute atomic E-state index is 13.3. The number of nitrogens with zero attached hydrogens (tertiary/aromatic N) is 2. The van der Waals surface area contributed by atoms with Gasteiger partial charge in [0.15, 0.2) is 6.10 Å². The third kappa shape index (κ3) is 9.19. The molecule has 222 valence electrons. The summed E-state index contributed by atoms with van der Waals surface area (Å²) >= 11 is 0. The van der Waals surface area contributed by atoms with Crippen LogP contribution in [0.3, 0.4) is 0 Å². The smallest absolute Gasteiger partial charge is 0.303 e. The lowest BCUT2D eigenvalue weighted by Crippen LogP contribution is -2.33. The van der Waals surface area contributed by atoms with Crippen LogP contribution in [0.4, 0.5) is 10.1 Å². The van der Waals surface area contributed by atoms with Gasteiger partial charge in [-0.05, 0) is 81.2 Å². The Bertz CT molecular complexity index is 1340. The van der Waals surface area contributed by atoms with E-state index in [-0.39, 0.29) is 24.1 Å². The van der Waals surface area contributed by atoms with Crippen LogP contribution >= 0.6 is 0 Å². The Hall–Kier alpha value is -4.15. The number of rotatable bonds is 14. The topological polar surface area (TPSA) is 122 Å². The zero-order chi connectivity index (χ0) is 29.7. The Labute approximate surface area is 245 Å². The number of benzene rings is 1. The van der Waals surface area contributed by atoms with E-state index in [9.17, 15) is 14.0 Å². The molecule has 0 aromatic heterocycles. The summed E-state index contributed by atoms with van der Waals surface area (Å²) in [6.45, 7) is 0.527. The van der Waals surface area contributed by atoms with Crippen LogP contribution in [-0.4, -0.2) is 48.8 Å². The molecule has 2 aliphatic carbocycles. The Morgan fingerprint density at radius 2 is 2.05 bits per heavy atom. The highest BCUT2D eigenvalue weighted by Crippen LogP contribution is 2.30. The van der Waals surface area contributed by atoms with Gasteiger partial charge in [0.25, 0.3) is 5.91 Å². The molecule has 2 atom stereocenters. The van der Waals surface area contributed by atoms with E-state index in [0.717, 1.165) is 24.2 Å². The quantitative estimate of drug-likeness (QED) is 0.146. The minimum absolute atomic E-state index is 0.0918. The molecular weight excluding hydrogens is 539 g/mol. The SMILES string of the molecule is CNOC(CCC1C=C(/N=C/CCCCC(=O)O)C(C(=O)Nc2ccc(F)cc2)=CC1)C1=NCC2=C(C=CCC=C2)O1. The second-order valence-electron chi connectivity index (χ2n) is 10.2. The van der Waals surface area contributed by atoms with Crippen LogP contribution in [0.2, 0.25) is 0 Å². The van der Waals surface area contributed by atoms with Crippen molar-refractivity contribution in [1.82, 2.24) is 5.48 Å². The summed E-state index contributed by atoms with van der Waals surface area (Å²) in [6.07, 6.45) is 18.1. The third-order valence-electron chi connectivity index (χ3n) is 6.98. The van der Waals surface area contributed by atoms with Crippen LogP contribution < -0.4 is 10.8 Å². The van der Waals surface area contributed by atoms with Gasteiger partial charge < -0.3 is 15.2 Å². The fourth-order valence-corrected chi connectivity index (χ4v) is 4.78. The van der Waals surface area contributed by atoms with Crippen molar-refractivity contribution in [3.63, 3.8) is 0 Å². The number of carbonyl (C=O) groups excluding carboxylic acids is 1. The minimum Gasteiger partial charge on any atom is -0.481 e. The van der Waals surface area contributed by atoms with E-state index in [2.05, 4.69) is 26.9 Å². The first kappa shape index (κ1) is 30.8. The van der Waals surface area contributed by atoms with Gasteiger partial charge in [0.05, 0.1) is 17.8 Å². The van der Waals surface area contributed by atoms with Gasteiger partial charge in [-0.3, -0.25) is 19.4 Å². The second kappa shape index (κ2) is 15.7. The van der Waals surface area contributed by atoms with Gasteiger partial charge in [0.1, 0.15) is 11.6 Å². The fourth-order valence-electron chi connectivity index (χ4n) is 4.78. The number of amides is 1. The van der Waals surface area contributed by atoms with E-state index in [4.69, 9.17) is 14.7 Å². The van der Waals surface area contributed by atoms with Gasteiger partial charge in [0.2, 0.25) is 5.90 Å². The number of halogens is 1. The number of aliphatic carboxylic acids is 1. The minimum atomic E-state index is -0.822. The summed E-state index contributed by atoms with van der Waals surface area (Å²) in [4.78, 5) is 39.0. The Morgan fingerprint density at radius 3 is 2.83 bits per heavy atom. The van der Waals surface area contributed by atoms with Gasteiger partial charge in [-0.15, -0.1) is 0 Å². The lowest BCUT2D eigenvalue weighted by atomic mass is 9.89. The average molecular weight is 577 g/mol. The number of allylic oxidation sites excluding steroid dienone is 5. The summed E-state index contributed by atoms with van der Waals surface area (Å²) in [5.41, 5.74) is 5.28. The number of hydroxylamine groups is 1. The summed E-state index contributed by atoms with van der Waals surface area (Å²) in [6, 6.07) is 5.59. The van der Waals surface area contributed by atoms with Crippen LogP contribution in [0, 0.1) is 11.7 Å². The number of hydrogen-bond donors (Lipinski definition) is 3. The molecular formula is C32H37FN4O5. The van der Waals surface area contributed by atoms with E-state index in [1.165, 1.54) is 24.3 Å². The molecule has 42 heavy (non-hydrogen) atoms. The highest BCUT2D eigenvalue weighted by molar-refractivity contribution is 6.07. The van der Waals surface area contributed by atoms with Gasteiger partial charge in [-0.2, -0.15) is 0 Å². The number of unbranched alkanes of at least 4 members (excludes halogenated alkanes) is 2. The number of ether oxygens (including phenoxy) is 1. The van der Waals surface area contributed by atoms with Crippen LogP contribution in [0.1, 0.15) is 51.4 Å². The molecule has 0 fully saturated rings. The molecule has 0 spiro atoms. The Balaban J connectivity index is 1.42. The largest absolute Gasteiger partial charge is 0.481 e. The standard InChI is InChI=1S/C32H37FN4O5/c1-34-42-29(32-36-21-23-8-4-2-5-9-28(23)41-32)18-12-22-11-17-26(31(40)37-25-15-13-24(33)14-16-25)27(20-22)35-19-7-3-6-10-30(38)39/h4-5,8-9,13-17,19-20,22,29,34H,2-3,6-7,10-12,18,21H2,1H3,(H,37,40)(H,38,39)/b35-19+. The van der Waals surface area contributed by atoms with Crippen LogP contribution in [0.5, 0.6) is 0 Å². The summed E-state index contributed by atoms with van der Waals surface area (Å²) < 4.78 is 19.4. The Kier molecular flexibility index (Phi) is 11.5. The first-order chi connectivity index (χ1) is 20.4. The lowest BCUT2D eigenvalue weighted by molar-refractivity contribution is -0.137. The number of nitrogens with one attached hydrogen (secondary N) is 2. The van der Waals surface area contributed by atoms with Crippen molar-refractivity contribution in [2.75, 3.05) is 18.9 Å². The summed E-state index contributed by atoms with van der Waals surface area (Å²) in [7, 11) is 1.70. The molecule has 10 heteroatoms. The van der Waals surface area contributed by atoms with Crippen molar-refractivity contribution in [1.29, 1.82) is 0 Å². The van der Waals surface area contributed by atoms with E-state index in [1.54, 1.807) is 13.3 Å². The molecule has 2 unspecified atom stereocenters. The molecule has 1 aromatic rings. The van der Waals surface area contributed by atoms with Gasteiger partial charge in [-0.1, -0.05) is 30.4 Å². The molecule has 3 aliphatic rings. The summed E-state index contributed by atoms with van der Waals surface area (Å²) in [5, 5.41) is 11.7. The van der Waals surface area contributed by atoms with Crippen LogP contribution in [-0.2, 0) is 19.2 Å². The predicted octanol–water partition coefficient (Wildman–Crippen LogP) is 5.81. The number of carbonyl (C=O) groups is 2. The fraction of sp³-hybridized carbons (Fsp3) is 0.375. The molecule has 1 heterocycles. The van der Waals surface area contributed by atoms with Crippen LogP contribution in [0.25, 0.3) is 0 Å². The van der Waals surface area contributed by atoms with Crippen molar-refractivity contribution >= 4 is 29.7 Å². The van der Waals surface area contributed by atoms with E-state index in [1.807, 2.05) is 30.4 Å². The second-order valence-corrected chi connectivity index (χ2v) is 10.2. The lowest BCUT2D eigenvalue weighted by Gasteiger charge is -2.25. The molecule has 1 aromatic carbocycles. The summed E-state index contributed by atoms with van der Waals surface area (Å²) in [5.74, 6) is -0.129. The van der Waals surface area contributed by atoms with E-state index < -0.39 is 12.1 Å². The molecule has 1 amide bonds. The van der Waals surface area contributed by atoms with Gasteiger partial charge in [-0.25, -0.2) is 14.9 Å².